The summed E-state index contributed by atoms with van der Waals surface area (Å²) in [4.78, 5) is 0. The van der Waals surface area contributed by atoms with Gasteiger partial charge in [-0.2, -0.15) is 0 Å². The highest BCUT2D eigenvalue weighted by Crippen LogP contribution is 2.15. The SMILES string of the molecule is CCCCC(CC)Nc1ccc(I)cc1. The zero-order chi connectivity index (χ0) is 11.1. The van der Waals surface area contributed by atoms with Crippen LogP contribution in [0.2, 0.25) is 0 Å². The molecule has 0 aromatic heterocycles. The Morgan fingerprint density at radius 2 is 1.87 bits per heavy atom. The molecule has 0 fully saturated rings. The van der Waals surface area contributed by atoms with Crippen LogP contribution in [0, 0.1) is 3.57 Å². The summed E-state index contributed by atoms with van der Waals surface area (Å²) in [5, 5.41) is 3.59. The normalized spacial score (nSPS) is 12.5. The third kappa shape index (κ3) is 4.87. The molecule has 0 saturated heterocycles. The molecule has 0 saturated carbocycles. The van der Waals surface area contributed by atoms with Crippen molar-refractivity contribution in [1.82, 2.24) is 0 Å². The highest BCUT2D eigenvalue weighted by Gasteiger charge is 2.04. The van der Waals surface area contributed by atoms with Crippen LogP contribution in [0.25, 0.3) is 0 Å². The van der Waals surface area contributed by atoms with Crippen molar-refractivity contribution in [1.29, 1.82) is 0 Å². The molecule has 1 atom stereocenters. The van der Waals surface area contributed by atoms with E-state index in [1.54, 1.807) is 0 Å². The average molecular weight is 317 g/mol. The first kappa shape index (κ1) is 12.8. The van der Waals surface area contributed by atoms with Gasteiger partial charge in [-0.25, -0.2) is 0 Å². The Labute approximate surface area is 107 Å². The topological polar surface area (TPSA) is 12.0 Å². The predicted molar refractivity (Wildman–Crippen MR) is 76.4 cm³/mol. The van der Waals surface area contributed by atoms with E-state index < -0.39 is 0 Å². The van der Waals surface area contributed by atoms with Crippen LogP contribution in [0.3, 0.4) is 0 Å². The van der Waals surface area contributed by atoms with Gasteiger partial charge in [0.15, 0.2) is 0 Å². The first-order valence-electron chi connectivity index (χ1n) is 5.78. The van der Waals surface area contributed by atoms with Gasteiger partial charge in [0.1, 0.15) is 0 Å². The Hall–Kier alpha value is -0.250. The van der Waals surface area contributed by atoms with Gasteiger partial charge in [-0.05, 0) is 59.7 Å². The van der Waals surface area contributed by atoms with Crippen molar-refractivity contribution < 1.29 is 0 Å². The molecule has 0 spiro atoms. The fraction of sp³-hybridized carbons (Fsp3) is 0.538. The molecule has 0 aliphatic heterocycles. The molecule has 0 amide bonds. The van der Waals surface area contributed by atoms with Crippen molar-refractivity contribution >= 4 is 28.3 Å². The summed E-state index contributed by atoms with van der Waals surface area (Å²) in [6.07, 6.45) is 5.08. The minimum atomic E-state index is 0.630. The van der Waals surface area contributed by atoms with Crippen molar-refractivity contribution in [3.05, 3.63) is 27.8 Å². The van der Waals surface area contributed by atoms with Gasteiger partial charge < -0.3 is 5.32 Å². The molecule has 0 radical (unpaired) electrons. The lowest BCUT2D eigenvalue weighted by Gasteiger charge is -2.17. The number of benzene rings is 1. The summed E-state index contributed by atoms with van der Waals surface area (Å²) in [6.45, 7) is 4.50. The molecular formula is C13H20IN. The summed E-state index contributed by atoms with van der Waals surface area (Å²) in [5.41, 5.74) is 1.25. The predicted octanol–water partition coefficient (Wildman–Crippen LogP) is 4.67. The molecular weight excluding hydrogens is 297 g/mol. The molecule has 0 aliphatic carbocycles. The van der Waals surface area contributed by atoms with Gasteiger partial charge in [0, 0.05) is 15.3 Å². The van der Waals surface area contributed by atoms with Gasteiger partial charge in [0.2, 0.25) is 0 Å². The summed E-state index contributed by atoms with van der Waals surface area (Å²) in [5.74, 6) is 0. The number of halogens is 1. The van der Waals surface area contributed by atoms with Crippen molar-refractivity contribution in [3.8, 4) is 0 Å². The van der Waals surface area contributed by atoms with Crippen LogP contribution >= 0.6 is 22.6 Å². The highest BCUT2D eigenvalue weighted by atomic mass is 127. The van der Waals surface area contributed by atoms with E-state index in [-0.39, 0.29) is 0 Å². The molecule has 0 heterocycles. The number of hydrogen-bond acceptors (Lipinski definition) is 1. The van der Waals surface area contributed by atoms with Gasteiger partial charge in [-0.1, -0.05) is 26.7 Å². The Bertz CT molecular complexity index is 268. The lowest BCUT2D eigenvalue weighted by atomic mass is 10.1. The third-order valence-electron chi connectivity index (χ3n) is 2.61. The number of anilines is 1. The van der Waals surface area contributed by atoms with Crippen LogP contribution in [0.5, 0.6) is 0 Å². The molecule has 1 N–H and O–H groups in total. The molecule has 1 nitrogen and oxygen atoms in total. The second kappa shape index (κ2) is 7.09. The van der Waals surface area contributed by atoms with Gasteiger partial charge in [-0.15, -0.1) is 0 Å². The largest absolute Gasteiger partial charge is 0.382 e. The molecule has 15 heavy (non-hydrogen) atoms. The zero-order valence-corrected chi connectivity index (χ0v) is 11.8. The average Bonchev–Trinajstić information content (AvgIpc) is 2.27. The Morgan fingerprint density at radius 1 is 1.20 bits per heavy atom. The monoisotopic (exact) mass is 317 g/mol. The maximum absolute atomic E-state index is 3.59. The molecule has 1 aromatic rings. The van der Waals surface area contributed by atoms with Crippen molar-refractivity contribution in [2.24, 2.45) is 0 Å². The molecule has 1 rings (SSSR count). The van der Waals surface area contributed by atoms with Crippen LogP contribution in [0.4, 0.5) is 5.69 Å². The van der Waals surface area contributed by atoms with Crippen LogP contribution in [-0.2, 0) is 0 Å². The number of rotatable bonds is 6. The first-order chi connectivity index (χ1) is 7.26. The van der Waals surface area contributed by atoms with E-state index in [9.17, 15) is 0 Å². The van der Waals surface area contributed by atoms with Gasteiger partial charge >= 0.3 is 0 Å². The quantitative estimate of drug-likeness (QED) is 0.752. The third-order valence-corrected chi connectivity index (χ3v) is 3.33. The van der Waals surface area contributed by atoms with Crippen LogP contribution in [0.15, 0.2) is 24.3 Å². The number of nitrogens with one attached hydrogen (secondary N) is 1. The molecule has 84 valence electrons. The Balaban J connectivity index is 2.47. The summed E-state index contributed by atoms with van der Waals surface area (Å²) in [7, 11) is 0. The maximum atomic E-state index is 3.59. The van der Waals surface area contributed by atoms with Crippen molar-refractivity contribution in [3.63, 3.8) is 0 Å². The van der Waals surface area contributed by atoms with Crippen LogP contribution < -0.4 is 5.32 Å². The highest BCUT2D eigenvalue weighted by molar-refractivity contribution is 14.1. The van der Waals surface area contributed by atoms with Crippen molar-refractivity contribution in [2.75, 3.05) is 5.32 Å². The van der Waals surface area contributed by atoms with E-state index in [0.29, 0.717) is 6.04 Å². The van der Waals surface area contributed by atoms with E-state index in [2.05, 4.69) is 66.0 Å². The molecule has 0 aliphatic rings. The standard InChI is InChI=1S/C13H20IN/c1-3-5-6-12(4-2)15-13-9-7-11(14)8-10-13/h7-10,12,15H,3-6H2,1-2H3. The summed E-state index contributed by atoms with van der Waals surface area (Å²) >= 11 is 2.33. The summed E-state index contributed by atoms with van der Waals surface area (Å²) < 4.78 is 1.29. The van der Waals surface area contributed by atoms with E-state index in [0.717, 1.165) is 0 Å². The van der Waals surface area contributed by atoms with E-state index in [1.807, 2.05) is 0 Å². The second-order valence-corrected chi connectivity index (χ2v) is 5.14. The van der Waals surface area contributed by atoms with Crippen LogP contribution in [0.1, 0.15) is 39.5 Å². The maximum Gasteiger partial charge on any atom is 0.0343 e. The van der Waals surface area contributed by atoms with Gasteiger partial charge in [-0.3, -0.25) is 0 Å². The zero-order valence-electron chi connectivity index (χ0n) is 9.59. The summed E-state index contributed by atoms with van der Waals surface area (Å²) in [6, 6.07) is 9.25. The Kier molecular flexibility index (Phi) is 6.06. The van der Waals surface area contributed by atoms with Crippen LogP contribution in [-0.4, -0.2) is 6.04 Å². The van der Waals surface area contributed by atoms with E-state index in [1.165, 1.54) is 34.9 Å². The first-order valence-corrected chi connectivity index (χ1v) is 6.86. The second-order valence-electron chi connectivity index (χ2n) is 3.90. The smallest absolute Gasteiger partial charge is 0.0343 e. The lowest BCUT2D eigenvalue weighted by Crippen LogP contribution is -2.18. The van der Waals surface area contributed by atoms with Crippen molar-refractivity contribution in [2.45, 2.75) is 45.6 Å². The Morgan fingerprint density at radius 3 is 2.40 bits per heavy atom. The molecule has 0 bridgehead atoms. The fourth-order valence-corrected chi connectivity index (χ4v) is 1.97. The minimum absolute atomic E-state index is 0.630. The van der Waals surface area contributed by atoms with Gasteiger partial charge in [0.25, 0.3) is 0 Å². The number of hydrogen-bond donors (Lipinski definition) is 1. The lowest BCUT2D eigenvalue weighted by molar-refractivity contribution is 0.593. The van der Waals surface area contributed by atoms with E-state index >= 15 is 0 Å². The van der Waals surface area contributed by atoms with E-state index in [4.69, 9.17) is 0 Å². The molecule has 2 heteroatoms. The number of unbranched alkanes of at least 4 members (excludes halogenated alkanes) is 1. The minimum Gasteiger partial charge on any atom is -0.382 e. The van der Waals surface area contributed by atoms with Gasteiger partial charge in [0.05, 0.1) is 0 Å². The molecule has 1 unspecified atom stereocenters. The molecule has 1 aromatic carbocycles. The fourth-order valence-electron chi connectivity index (χ4n) is 1.61.